The smallest absolute Gasteiger partial charge is 0.123 e. The summed E-state index contributed by atoms with van der Waals surface area (Å²) < 4.78 is 47.1. The lowest BCUT2D eigenvalue weighted by molar-refractivity contribution is 0.627. The molecular weight excluding hydrogens is 328 g/mol. The highest BCUT2D eigenvalue weighted by atomic mass is 32.2. The van der Waals surface area contributed by atoms with Gasteiger partial charge >= 0.3 is 0 Å². The highest BCUT2D eigenvalue weighted by Gasteiger charge is 2.18. The SMILES string of the molecule is CS(=N)(=O)c1c(-c2ccc(F)cc2)cccc1-c1ccc(F)cc1. The Morgan fingerprint density at radius 2 is 1.12 bits per heavy atom. The molecule has 24 heavy (non-hydrogen) atoms. The van der Waals surface area contributed by atoms with E-state index in [-0.39, 0.29) is 11.6 Å². The first-order chi connectivity index (χ1) is 11.4. The van der Waals surface area contributed by atoms with E-state index in [1.807, 2.05) is 0 Å². The second-order valence-electron chi connectivity index (χ2n) is 5.54. The fraction of sp³-hybridized carbons (Fsp3) is 0.0526. The number of hydrogen-bond donors (Lipinski definition) is 1. The van der Waals surface area contributed by atoms with E-state index in [1.165, 1.54) is 30.5 Å². The monoisotopic (exact) mass is 343 g/mol. The van der Waals surface area contributed by atoms with E-state index in [1.54, 1.807) is 42.5 Å². The topological polar surface area (TPSA) is 40.9 Å². The highest BCUT2D eigenvalue weighted by molar-refractivity contribution is 7.92. The summed E-state index contributed by atoms with van der Waals surface area (Å²) >= 11 is 0. The van der Waals surface area contributed by atoms with Crippen molar-refractivity contribution in [3.8, 4) is 22.3 Å². The molecule has 0 heterocycles. The zero-order valence-electron chi connectivity index (χ0n) is 12.9. The summed E-state index contributed by atoms with van der Waals surface area (Å²) in [6.45, 7) is 0. The summed E-state index contributed by atoms with van der Waals surface area (Å²) in [4.78, 5) is 0.364. The van der Waals surface area contributed by atoms with E-state index in [9.17, 15) is 13.0 Å². The fourth-order valence-electron chi connectivity index (χ4n) is 2.67. The molecule has 0 aliphatic rings. The third-order valence-corrected chi connectivity index (χ3v) is 4.93. The molecule has 3 rings (SSSR count). The lowest BCUT2D eigenvalue weighted by Crippen LogP contribution is -2.01. The average molecular weight is 343 g/mol. The Balaban J connectivity index is 2.30. The zero-order valence-corrected chi connectivity index (χ0v) is 13.7. The van der Waals surface area contributed by atoms with Crippen LogP contribution < -0.4 is 0 Å². The predicted molar refractivity (Wildman–Crippen MR) is 92.3 cm³/mol. The van der Waals surface area contributed by atoms with Crippen molar-refractivity contribution in [2.24, 2.45) is 0 Å². The Bertz CT molecular complexity index is 915. The zero-order chi connectivity index (χ0) is 17.3. The van der Waals surface area contributed by atoms with Crippen molar-refractivity contribution < 1.29 is 13.0 Å². The molecule has 0 amide bonds. The van der Waals surface area contributed by atoms with Crippen LogP contribution in [-0.4, -0.2) is 10.5 Å². The van der Waals surface area contributed by atoms with Crippen molar-refractivity contribution in [1.82, 2.24) is 0 Å². The number of nitrogens with one attached hydrogen (secondary N) is 1. The van der Waals surface area contributed by atoms with Crippen LogP contribution in [0.3, 0.4) is 0 Å². The Kier molecular flexibility index (Phi) is 4.20. The molecule has 0 fully saturated rings. The summed E-state index contributed by atoms with van der Waals surface area (Å²) in [6, 6.07) is 17.0. The second-order valence-corrected chi connectivity index (χ2v) is 7.64. The Labute approximate surface area is 139 Å². The van der Waals surface area contributed by atoms with Crippen LogP contribution in [0.1, 0.15) is 0 Å². The van der Waals surface area contributed by atoms with Gasteiger partial charge in [0.25, 0.3) is 0 Å². The molecule has 0 aliphatic carbocycles. The molecule has 122 valence electrons. The molecule has 2 nitrogen and oxygen atoms in total. The van der Waals surface area contributed by atoms with Crippen molar-refractivity contribution in [3.63, 3.8) is 0 Å². The van der Waals surface area contributed by atoms with Gasteiger partial charge in [-0.15, -0.1) is 0 Å². The van der Waals surface area contributed by atoms with Gasteiger partial charge in [0.1, 0.15) is 11.6 Å². The maximum absolute atomic E-state index is 13.2. The van der Waals surface area contributed by atoms with Crippen molar-refractivity contribution in [2.45, 2.75) is 4.90 Å². The number of hydrogen-bond acceptors (Lipinski definition) is 2. The fourth-order valence-corrected chi connectivity index (χ4v) is 3.88. The van der Waals surface area contributed by atoms with Crippen LogP contribution in [0.2, 0.25) is 0 Å². The van der Waals surface area contributed by atoms with Gasteiger partial charge in [-0.1, -0.05) is 42.5 Å². The van der Waals surface area contributed by atoms with Crippen molar-refractivity contribution >= 4 is 9.73 Å². The summed E-state index contributed by atoms with van der Waals surface area (Å²) in [6.07, 6.45) is 1.35. The molecule has 1 N–H and O–H groups in total. The lowest BCUT2D eigenvalue weighted by Gasteiger charge is -2.15. The minimum absolute atomic E-state index is 0.363. The van der Waals surface area contributed by atoms with Crippen molar-refractivity contribution in [1.29, 1.82) is 4.78 Å². The molecule has 0 aromatic heterocycles. The van der Waals surface area contributed by atoms with Gasteiger partial charge in [-0.3, -0.25) is 0 Å². The van der Waals surface area contributed by atoms with E-state index in [2.05, 4.69) is 0 Å². The summed E-state index contributed by atoms with van der Waals surface area (Å²) in [7, 11) is -3.07. The van der Waals surface area contributed by atoms with E-state index in [0.717, 1.165) is 0 Å². The van der Waals surface area contributed by atoms with Crippen molar-refractivity contribution in [2.75, 3.05) is 6.26 Å². The van der Waals surface area contributed by atoms with Crippen molar-refractivity contribution in [3.05, 3.63) is 78.4 Å². The van der Waals surface area contributed by atoms with Crippen LogP contribution in [0.5, 0.6) is 0 Å². The quantitative estimate of drug-likeness (QED) is 0.686. The third-order valence-electron chi connectivity index (χ3n) is 3.72. The molecule has 3 aromatic rings. The van der Waals surface area contributed by atoms with Crippen LogP contribution in [0.25, 0.3) is 22.3 Å². The maximum Gasteiger partial charge on any atom is 0.123 e. The van der Waals surface area contributed by atoms with Gasteiger partial charge in [-0.2, -0.15) is 0 Å². The first-order valence-corrected chi connectivity index (χ1v) is 9.21. The number of rotatable bonds is 3. The van der Waals surface area contributed by atoms with E-state index >= 15 is 0 Å². The van der Waals surface area contributed by atoms with E-state index < -0.39 is 9.73 Å². The summed E-state index contributed by atoms with van der Waals surface area (Å²) in [5, 5.41) is 0. The van der Waals surface area contributed by atoms with Gasteiger partial charge < -0.3 is 0 Å². The second kappa shape index (κ2) is 6.17. The van der Waals surface area contributed by atoms with Gasteiger partial charge in [0.15, 0.2) is 0 Å². The average Bonchev–Trinajstić information content (AvgIpc) is 2.55. The molecule has 3 aromatic carbocycles. The molecule has 0 aliphatic heterocycles. The van der Waals surface area contributed by atoms with Gasteiger partial charge in [0.2, 0.25) is 0 Å². The van der Waals surface area contributed by atoms with Gasteiger partial charge in [-0.25, -0.2) is 17.8 Å². The minimum atomic E-state index is -3.07. The first-order valence-electron chi connectivity index (χ1n) is 7.25. The molecular formula is C19H15F2NOS. The van der Waals surface area contributed by atoms with Gasteiger partial charge in [0.05, 0.1) is 14.6 Å². The molecule has 0 saturated heterocycles. The van der Waals surface area contributed by atoms with Gasteiger partial charge in [-0.05, 0) is 46.5 Å². The molecule has 0 bridgehead atoms. The summed E-state index contributed by atoms with van der Waals surface area (Å²) in [5.41, 5.74) is 2.58. The van der Waals surface area contributed by atoms with Crippen LogP contribution >= 0.6 is 0 Å². The standard InChI is InChI=1S/C19H15F2NOS/c1-24(22,23)19-17(13-5-9-15(20)10-6-13)3-2-4-18(19)14-7-11-16(21)12-8-14/h2-12,22H,1H3. The molecule has 0 saturated carbocycles. The Hall–Kier alpha value is -2.53. The van der Waals surface area contributed by atoms with Crippen LogP contribution in [0, 0.1) is 16.4 Å². The maximum atomic E-state index is 13.2. The normalized spacial score (nSPS) is 13.5. The van der Waals surface area contributed by atoms with Crippen LogP contribution in [0.15, 0.2) is 71.6 Å². The first kappa shape index (κ1) is 16.3. The Morgan fingerprint density at radius 1 is 0.750 bits per heavy atom. The van der Waals surface area contributed by atoms with E-state index in [4.69, 9.17) is 4.78 Å². The lowest BCUT2D eigenvalue weighted by atomic mass is 9.99. The third kappa shape index (κ3) is 3.21. The molecule has 1 atom stereocenters. The van der Waals surface area contributed by atoms with Crippen LogP contribution in [0.4, 0.5) is 8.78 Å². The predicted octanol–water partition coefficient (Wildman–Crippen LogP) is 5.33. The molecule has 1 unspecified atom stereocenters. The number of benzene rings is 3. The van der Waals surface area contributed by atoms with E-state index in [0.29, 0.717) is 27.1 Å². The number of halogens is 2. The van der Waals surface area contributed by atoms with Gasteiger partial charge in [0, 0.05) is 6.26 Å². The molecule has 0 spiro atoms. The summed E-state index contributed by atoms with van der Waals surface area (Å²) in [5.74, 6) is -0.726. The molecule has 0 radical (unpaired) electrons. The minimum Gasteiger partial charge on any atom is -0.249 e. The highest BCUT2D eigenvalue weighted by Crippen LogP contribution is 2.36. The van der Waals surface area contributed by atoms with Crippen LogP contribution in [-0.2, 0) is 9.73 Å². The largest absolute Gasteiger partial charge is 0.249 e. The molecule has 5 heteroatoms. The Morgan fingerprint density at radius 3 is 1.46 bits per heavy atom.